The van der Waals surface area contributed by atoms with Gasteiger partial charge in [-0.3, -0.25) is 0 Å². The van der Waals surface area contributed by atoms with Gasteiger partial charge in [-0.1, -0.05) is 158 Å². The van der Waals surface area contributed by atoms with Gasteiger partial charge in [0.05, 0.1) is 0 Å². The van der Waals surface area contributed by atoms with E-state index in [4.69, 9.17) is 0 Å². The second-order valence-electron chi connectivity index (χ2n) is 12.7. The Balaban J connectivity index is 1.05. The molecular weight excluding hydrogens is 629 g/mol. The average molecular weight is 667 g/mol. The van der Waals surface area contributed by atoms with E-state index in [-0.39, 0.29) is 0 Å². The smallest absolute Gasteiger partial charge is 0.0462 e. The van der Waals surface area contributed by atoms with E-state index in [1.165, 1.54) is 22.3 Å². The maximum absolute atomic E-state index is 2.32. The van der Waals surface area contributed by atoms with E-state index in [9.17, 15) is 0 Å². The maximum Gasteiger partial charge on any atom is 0.0462 e. The van der Waals surface area contributed by atoms with Crippen LogP contribution in [0.15, 0.2) is 218 Å². The van der Waals surface area contributed by atoms with Gasteiger partial charge in [0, 0.05) is 34.1 Å². The van der Waals surface area contributed by atoms with Crippen LogP contribution in [-0.2, 0) is 0 Å². The van der Waals surface area contributed by atoms with E-state index < -0.39 is 0 Å². The number of nitrogens with zero attached hydrogens (tertiary/aromatic N) is 2. The summed E-state index contributed by atoms with van der Waals surface area (Å²) < 4.78 is 0. The van der Waals surface area contributed by atoms with Crippen molar-refractivity contribution >= 4 is 46.3 Å². The Morgan fingerprint density at radius 1 is 0.212 bits per heavy atom. The Morgan fingerprint density at radius 3 is 0.750 bits per heavy atom. The lowest BCUT2D eigenvalue weighted by Crippen LogP contribution is -2.09. The third-order valence-electron chi connectivity index (χ3n) is 9.26. The van der Waals surface area contributed by atoms with Gasteiger partial charge in [-0.2, -0.15) is 0 Å². The lowest BCUT2D eigenvalue weighted by atomic mass is 10.0. The molecule has 0 radical (unpaired) electrons. The standard InChI is InChI=1S/C50H38N2/c1-5-13-41(14-6-1)43-27-35-49(36-28-43)52(50-37-29-44(30-38-50)42-15-7-2-8-16-42)48-33-25-40(26-34-48)22-21-39-23-31-47(32-24-39)51(45-17-9-3-10-18-45)46-19-11-4-12-20-46/h1-38H/b22-21+. The largest absolute Gasteiger partial charge is 0.311 e. The first-order valence-corrected chi connectivity index (χ1v) is 17.7. The zero-order valence-electron chi connectivity index (χ0n) is 28.8. The normalized spacial score (nSPS) is 11.0. The van der Waals surface area contributed by atoms with Crippen LogP contribution in [-0.4, -0.2) is 0 Å². The van der Waals surface area contributed by atoms with Gasteiger partial charge in [-0.15, -0.1) is 0 Å². The lowest BCUT2D eigenvalue weighted by molar-refractivity contribution is 1.28. The van der Waals surface area contributed by atoms with Gasteiger partial charge in [0.25, 0.3) is 0 Å². The Labute approximate surface area is 306 Å². The lowest BCUT2D eigenvalue weighted by Gasteiger charge is -2.26. The quantitative estimate of drug-likeness (QED) is 0.134. The van der Waals surface area contributed by atoms with Gasteiger partial charge in [0.1, 0.15) is 0 Å². The van der Waals surface area contributed by atoms with Crippen LogP contribution in [0.1, 0.15) is 11.1 Å². The Kier molecular flexibility index (Phi) is 9.53. The first-order valence-electron chi connectivity index (χ1n) is 17.7. The molecule has 0 spiro atoms. The van der Waals surface area contributed by atoms with Crippen molar-refractivity contribution < 1.29 is 0 Å². The molecule has 0 N–H and O–H groups in total. The predicted molar refractivity (Wildman–Crippen MR) is 222 cm³/mol. The first kappa shape index (κ1) is 32.3. The number of hydrogen-bond donors (Lipinski definition) is 0. The van der Waals surface area contributed by atoms with Gasteiger partial charge < -0.3 is 9.80 Å². The SMILES string of the molecule is C(=C\c1ccc(N(c2ccc(-c3ccccc3)cc2)c2ccc(-c3ccccc3)cc2)cc1)/c1ccc(N(c2ccccc2)c2ccccc2)cc1. The van der Waals surface area contributed by atoms with Crippen LogP contribution in [0, 0.1) is 0 Å². The Morgan fingerprint density at radius 2 is 0.442 bits per heavy atom. The number of anilines is 6. The molecule has 0 saturated heterocycles. The summed E-state index contributed by atoms with van der Waals surface area (Å²) >= 11 is 0. The zero-order chi connectivity index (χ0) is 35.0. The molecule has 0 saturated carbocycles. The molecule has 0 aliphatic heterocycles. The molecule has 0 aliphatic carbocycles. The minimum atomic E-state index is 1.10. The van der Waals surface area contributed by atoms with E-state index in [0.29, 0.717) is 0 Å². The van der Waals surface area contributed by atoms with Crippen LogP contribution in [0.3, 0.4) is 0 Å². The van der Waals surface area contributed by atoms with Crippen molar-refractivity contribution in [1.29, 1.82) is 0 Å². The molecule has 0 amide bonds. The molecule has 8 rings (SSSR count). The molecule has 2 nitrogen and oxygen atoms in total. The molecule has 0 aromatic heterocycles. The zero-order valence-corrected chi connectivity index (χ0v) is 28.8. The fourth-order valence-corrected chi connectivity index (χ4v) is 6.58. The molecule has 248 valence electrons. The second kappa shape index (κ2) is 15.3. The summed E-state index contributed by atoms with van der Waals surface area (Å²) in [5, 5.41) is 0. The number of rotatable bonds is 10. The van der Waals surface area contributed by atoms with Crippen molar-refractivity contribution in [3.8, 4) is 22.3 Å². The fourth-order valence-electron chi connectivity index (χ4n) is 6.58. The van der Waals surface area contributed by atoms with E-state index in [1.807, 2.05) is 0 Å². The molecule has 0 atom stereocenters. The fraction of sp³-hybridized carbons (Fsp3) is 0. The molecule has 52 heavy (non-hydrogen) atoms. The molecule has 0 bridgehead atoms. The van der Waals surface area contributed by atoms with Crippen LogP contribution in [0.5, 0.6) is 0 Å². The third-order valence-corrected chi connectivity index (χ3v) is 9.26. The summed E-state index contributed by atoms with van der Waals surface area (Å²) in [6, 6.07) is 77.2. The number of para-hydroxylation sites is 2. The highest BCUT2D eigenvalue weighted by atomic mass is 15.1. The van der Waals surface area contributed by atoms with Gasteiger partial charge in [0.2, 0.25) is 0 Å². The Hall–Kier alpha value is -6.90. The maximum atomic E-state index is 2.32. The molecule has 0 heterocycles. The molecular formula is C50H38N2. The second-order valence-corrected chi connectivity index (χ2v) is 12.7. The molecule has 0 unspecified atom stereocenters. The summed E-state index contributed by atoms with van der Waals surface area (Å²) in [6.45, 7) is 0. The highest BCUT2D eigenvalue weighted by Gasteiger charge is 2.14. The van der Waals surface area contributed by atoms with Crippen molar-refractivity contribution in [3.05, 3.63) is 230 Å². The van der Waals surface area contributed by atoms with Crippen molar-refractivity contribution in [2.45, 2.75) is 0 Å². The molecule has 0 fully saturated rings. The van der Waals surface area contributed by atoms with Crippen LogP contribution in [0.2, 0.25) is 0 Å². The van der Waals surface area contributed by atoms with Crippen LogP contribution >= 0.6 is 0 Å². The van der Waals surface area contributed by atoms with E-state index >= 15 is 0 Å². The van der Waals surface area contributed by atoms with Crippen molar-refractivity contribution in [2.24, 2.45) is 0 Å². The first-order chi connectivity index (χ1) is 25.8. The minimum Gasteiger partial charge on any atom is -0.311 e. The van der Waals surface area contributed by atoms with Crippen molar-refractivity contribution in [1.82, 2.24) is 0 Å². The van der Waals surface area contributed by atoms with Crippen LogP contribution in [0.4, 0.5) is 34.1 Å². The van der Waals surface area contributed by atoms with Gasteiger partial charge in [-0.05, 0) is 106 Å². The summed E-state index contributed by atoms with van der Waals surface area (Å²) in [4.78, 5) is 4.60. The third kappa shape index (κ3) is 7.33. The van der Waals surface area contributed by atoms with Gasteiger partial charge >= 0.3 is 0 Å². The van der Waals surface area contributed by atoms with Gasteiger partial charge in [0.15, 0.2) is 0 Å². The highest BCUT2D eigenvalue weighted by molar-refractivity contribution is 5.82. The predicted octanol–water partition coefficient (Wildman–Crippen LogP) is 14.1. The summed E-state index contributed by atoms with van der Waals surface area (Å²) in [7, 11) is 0. The highest BCUT2D eigenvalue weighted by Crippen LogP contribution is 2.37. The molecule has 8 aromatic carbocycles. The molecule has 8 aromatic rings. The number of benzene rings is 8. The summed E-state index contributed by atoms with van der Waals surface area (Å²) in [5.74, 6) is 0. The van der Waals surface area contributed by atoms with E-state index in [2.05, 4.69) is 240 Å². The minimum absolute atomic E-state index is 1.10. The number of hydrogen-bond acceptors (Lipinski definition) is 2. The van der Waals surface area contributed by atoms with Crippen molar-refractivity contribution in [2.75, 3.05) is 9.80 Å². The van der Waals surface area contributed by atoms with Gasteiger partial charge in [-0.25, -0.2) is 0 Å². The summed E-state index contributed by atoms with van der Waals surface area (Å²) in [5.41, 5.74) is 13.8. The Bertz CT molecular complexity index is 2210. The average Bonchev–Trinajstić information content (AvgIpc) is 3.23. The van der Waals surface area contributed by atoms with Crippen molar-refractivity contribution in [3.63, 3.8) is 0 Å². The topological polar surface area (TPSA) is 6.48 Å². The van der Waals surface area contributed by atoms with Crippen LogP contribution in [0.25, 0.3) is 34.4 Å². The van der Waals surface area contributed by atoms with Crippen LogP contribution < -0.4 is 9.80 Å². The monoisotopic (exact) mass is 666 g/mol. The van der Waals surface area contributed by atoms with E-state index in [1.54, 1.807) is 0 Å². The van der Waals surface area contributed by atoms with E-state index in [0.717, 1.165) is 45.3 Å². The molecule has 0 aliphatic rings. The summed E-state index contributed by atoms with van der Waals surface area (Å²) in [6.07, 6.45) is 4.36. The molecule has 2 heteroatoms.